The molecule has 0 bridgehead atoms. The highest BCUT2D eigenvalue weighted by Crippen LogP contribution is 2.26. The van der Waals surface area contributed by atoms with E-state index < -0.39 is 0 Å². The van der Waals surface area contributed by atoms with Crippen LogP contribution in [0.2, 0.25) is 0 Å². The summed E-state index contributed by atoms with van der Waals surface area (Å²) >= 11 is 0. The van der Waals surface area contributed by atoms with Crippen molar-refractivity contribution in [2.24, 2.45) is 0 Å². The maximum Gasteiger partial charge on any atom is 0.161 e. The molecule has 0 saturated carbocycles. The van der Waals surface area contributed by atoms with Crippen LogP contribution in [0.1, 0.15) is 33.6 Å². The van der Waals surface area contributed by atoms with E-state index in [0.29, 0.717) is 0 Å². The lowest BCUT2D eigenvalue weighted by Gasteiger charge is -2.11. The van der Waals surface area contributed by atoms with Crippen LogP contribution >= 0.6 is 8.46 Å². The first-order valence-electron chi connectivity index (χ1n) is 2.97. The summed E-state index contributed by atoms with van der Waals surface area (Å²) < 4.78 is 10.3. The maximum atomic E-state index is 10.3. The Morgan fingerprint density at radius 1 is 1.50 bits per heavy atom. The van der Waals surface area contributed by atoms with Gasteiger partial charge in [-0.3, -0.25) is 4.57 Å². The molecule has 2 heteroatoms. The summed E-state index contributed by atoms with van der Waals surface area (Å²) in [6.45, 7) is 6.11. The van der Waals surface area contributed by atoms with Crippen molar-refractivity contribution in [1.82, 2.24) is 0 Å². The van der Waals surface area contributed by atoms with E-state index in [1.165, 1.54) is 0 Å². The molecule has 0 aliphatic carbocycles. The maximum absolute atomic E-state index is 10.3. The quantitative estimate of drug-likeness (QED) is 0.539. The third-order valence-electron chi connectivity index (χ3n) is 1.11. The van der Waals surface area contributed by atoms with E-state index in [-0.39, 0.29) is 13.6 Å². The largest absolute Gasteiger partial charge is 0.274 e. The van der Waals surface area contributed by atoms with Crippen LogP contribution in [-0.4, -0.2) is 5.16 Å². The standard InChI is InChI=1S/C6H13OP/c1-4-5-6(2,3)8-7/h4-5H2,1-3H3. The average Bonchev–Trinajstić information content (AvgIpc) is 1.67. The van der Waals surface area contributed by atoms with E-state index in [0.717, 1.165) is 12.8 Å². The van der Waals surface area contributed by atoms with Crippen molar-refractivity contribution in [3.05, 3.63) is 0 Å². The van der Waals surface area contributed by atoms with Gasteiger partial charge in [-0.1, -0.05) is 13.3 Å². The molecular weight excluding hydrogens is 119 g/mol. The molecule has 0 aliphatic heterocycles. The second-order valence-corrected chi connectivity index (χ2v) is 4.05. The predicted octanol–water partition coefficient (Wildman–Crippen LogP) is 2.86. The molecule has 0 saturated heterocycles. The third-order valence-corrected chi connectivity index (χ3v) is 1.83. The van der Waals surface area contributed by atoms with Crippen molar-refractivity contribution in [3.63, 3.8) is 0 Å². The fraction of sp³-hybridized carbons (Fsp3) is 1.00. The molecule has 0 aliphatic rings. The van der Waals surface area contributed by atoms with Crippen LogP contribution in [0.5, 0.6) is 0 Å². The first kappa shape index (κ1) is 8.10. The molecule has 0 aromatic heterocycles. The van der Waals surface area contributed by atoms with Crippen LogP contribution in [-0.2, 0) is 4.57 Å². The Bertz CT molecular complexity index is 78.6. The van der Waals surface area contributed by atoms with E-state index >= 15 is 0 Å². The topological polar surface area (TPSA) is 17.1 Å². The minimum Gasteiger partial charge on any atom is -0.274 e. The lowest BCUT2D eigenvalue weighted by Crippen LogP contribution is -2.08. The van der Waals surface area contributed by atoms with Crippen LogP contribution < -0.4 is 0 Å². The Labute approximate surface area is 52.7 Å². The van der Waals surface area contributed by atoms with Gasteiger partial charge in [-0.05, 0) is 20.3 Å². The summed E-state index contributed by atoms with van der Waals surface area (Å²) in [7, 11) is 0.271. The summed E-state index contributed by atoms with van der Waals surface area (Å²) in [5.74, 6) is 0. The van der Waals surface area contributed by atoms with E-state index in [4.69, 9.17) is 0 Å². The fourth-order valence-corrected chi connectivity index (χ4v) is 0.972. The summed E-state index contributed by atoms with van der Waals surface area (Å²) in [6.07, 6.45) is 2.15. The summed E-state index contributed by atoms with van der Waals surface area (Å²) in [6, 6.07) is 0. The normalized spacial score (nSPS) is 12.4. The molecule has 0 amide bonds. The number of hydrogen-bond donors (Lipinski definition) is 0. The molecule has 48 valence electrons. The van der Waals surface area contributed by atoms with Crippen molar-refractivity contribution < 1.29 is 4.57 Å². The minimum atomic E-state index is 0.00868. The van der Waals surface area contributed by atoms with Crippen molar-refractivity contribution in [2.75, 3.05) is 0 Å². The monoisotopic (exact) mass is 132 g/mol. The van der Waals surface area contributed by atoms with Gasteiger partial charge < -0.3 is 0 Å². The van der Waals surface area contributed by atoms with Crippen molar-refractivity contribution in [3.8, 4) is 0 Å². The predicted molar refractivity (Wildman–Crippen MR) is 36.6 cm³/mol. The zero-order chi connectivity index (χ0) is 6.62. The molecule has 1 nitrogen and oxygen atoms in total. The zero-order valence-corrected chi connectivity index (χ0v) is 6.66. The Hall–Kier alpha value is 0.100. The van der Waals surface area contributed by atoms with Crippen LogP contribution in [0, 0.1) is 0 Å². The summed E-state index contributed by atoms with van der Waals surface area (Å²) in [4.78, 5) is 0. The second-order valence-electron chi connectivity index (χ2n) is 2.65. The molecule has 0 unspecified atom stereocenters. The molecule has 0 fully saturated rings. The van der Waals surface area contributed by atoms with Crippen molar-refractivity contribution in [2.45, 2.75) is 38.8 Å². The molecular formula is C6H13OP. The second kappa shape index (κ2) is 3.19. The van der Waals surface area contributed by atoms with Crippen molar-refractivity contribution >= 4 is 8.46 Å². The Morgan fingerprint density at radius 3 is 2.12 bits per heavy atom. The van der Waals surface area contributed by atoms with Gasteiger partial charge in [0.2, 0.25) is 0 Å². The van der Waals surface area contributed by atoms with E-state index in [2.05, 4.69) is 6.92 Å². The Morgan fingerprint density at radius 2 is 2.00 bits per heavy atom. The lowest BCUT2D eigenvalue weighted by atomic mass is 10.1. The average molecular weight is 132 g/mol. The third kappa shape index (κ3) is 3.15. The number of rotatable bonds is 3. The molecule has 0 spiro atoms. The minimum absolute atomic E-state index is 0.00868. The van der Waals surface area contributed by atoms with Gasteiger partial charge >= 0.3 is 0 Å². The Kier molecular flexibility index (Phi) is 3.23. The van der Waals surface area contributed by atoms with E-state index in [1.807, 2.05) is 13.8 Å². The highest BCUT2D eigenvalue weighted by atomic mass is 31.1. The van der Waals surface area contributed by atoms with E-state index in [9.17, 15) is 4.57 Å². The number of hydrogen-bond acceptors (Lipinski definition) is 1. The zero-order valence-electron chi connectivity index (χ0n) is 5.77. The lowest BCUT2D eigenvalue weighted by molar-refractivity contribution is 0.549. The molecule has 0 radical (unpaired) electrons. The van der Waals surface area contributed by atoms with Gasteiger partial charge in [-0.25, -0.2) is 0 Å². The molecule has 0 aromatic carbocycles. The highest BCUT2D eigenvalue weighted by molar-refractivity contribution is 7.25. The summed E-state index contributed by atoms with van der Waals surface area (Å²) in [5, 5.41) is 0.00868. The molecule has 8 heavy (non-hydrogen) atoms. The first-order valence-corrected chi connectivity index (χ1v) is 3.78. The molecule has 0 N–H and O–H groups in total. The van der Waals surface area contributed by atoms with Gasteiger partial charge in [0.1, 0.15) is 0 Å². The van der Waals surface area contributed by atoms with Crippen LogP contribution in [0.15, 0.2) is 0 Å². The van der Waals surface area contributed by atoms with Gasteiger partial charge in [0.25, 0.3) is 0 Å². The SMILES string of the molecule is CCCC(C)(C)P=O. The van der Waals surface area contributed by atoms with Gasteiger partial charge in [0, 0.05) is 5.16 Å². The van der Waals surface area contributed by atoms with E-state index in [1.54, 1.807) is 0 Å². The molecule has 0 heterocycles. The van der Waals surface area contributed by atoms with Gasteiger partial charge in [0.05, 0.1) is 0 Å². The Balaban J connectivity index is 3.53. The van der Waals surface area contributed by atoms with Gasteiger partial charge in [-0.15, -0.1) is 0 Å². The van der Waals surface area contributed by atoms with Crippen LogP contribution in [0.4, 0.5) is 0 Å². The van der Waals surface area contributed by atoms with Crippen molar-refractivity contribution in [1.29, 1.82) is 0 Å². The first-order chi connectivity index (χ1) is 3.62. The van der Waals surface area contributed by atoms with Crippen LogP contribution in [0.25, 0.3) is 0 Å². The molecule has 0 aromatic rings. The van der Waals surface area contributed by atoms with Gasteiger partial charge in [0.15, 0.2) is 8.46 Å². The smallest absolute Gasteiger partial charge is 0.161 e. The van der Waals surface area contributed by atoms with Crippen LogP contribution in [0.3, 0.4) is 0 Å². The molecule has 0 atom stereocenters. The van der Waals surface area contributed by atoms with Gasteiger partial charge in [-0.2, -0.15) is 0 Å². The molecule has 0 rings (SSSR count). The highest BCUT2D eigenvalue weighted by Gasteiger charge is 2.15. The fourth-order valence-electron chi connectivity index (χ4n) is 0.657. The summed E-state index contributed by atoms with van der Waals surface area (Å²) in [5.41, 5.74) is 0.